The second-order valence-electron chi connectivity index (χ2n) is 6.45. The van der Waals surface area contributed by atoms with E-state index in [1.807, 2.05) is 31.2 Å². The number of hydrogen-bond acceptors (Lipinski definition) is 4. The summed E-state index contributed by atoms with van der Waals surface area (Å²) >= 11 is 0. The van der Waals surface area contributed by atoms with Crippen LogP contribution in [0, 0.1) is 10.1 Å². The van der Waals surface area contributed by atoms with Crippen LogP contribution in [0.5, 0.6) is 0 Å². The first-order valence-electron chi connectivity index (χ1n) is 8.88. The standard InChI is InChI=1S/C20H21N3O4/c1-3-15-6-4-5-7-18(15)22-13-12-21(14(2)19(22)24)20(25)16-8-10-17(11-9-16)23(26)27/h4-11,14H,3,12-13H2,1-2H3/t14-/m1/s1. The number of carbonyl (C=O) groups excluding carboxylic acids is 2. The fourth-order valence-electron chi connectivity index (χ4n) is 3.35. The zero-order chi connectivity index (χ0) is 19.6. The maximum absolute atomic E-state index is 12.9. The van der Waals surface area contributed by atoms with Crippen molar-refractivity contribution in [3.8, 4) is 0 Å². The molecule has 27 heavy (non-hydrogen) atoms. The third-order valence-corrected chi connectivity index (χ3v) is 4.90. The number of amides is 2. The number of nitro benzene ring substituents is 1. The highest BCUT2D eigenvalue weighted by atomic mass is 16.6. The molecule has 0 saturated carbocycles. The van der Waals surface area contributed by atoms with E-state index in [0.717, 1.165) is 17.7 Å². The van der Waals surface area contributed by atoms with E-state index >= 15 is 0 Å². The Morgan fingerprint density at radius 3 is 2.44 bits per heavy atom. The van der Waals surface area contributed by atoms with E-state index in [4.69, 9.17) is 0 Å². The number of benzene rings is 2. The molecule has 1 fully saturated rings. The van der Waals surface area contributed by atoms with E-state index in [1.165, 1.54) is 29.2 Å². The lowest BCUT2D eigenvalue weighted by Crippen LogP contribution is -2.58. The molecular formula is C20H21N3O4. The molecule has 1 heterocycles. The molecule has 1 atom stereocenters. The van der Waals surface area contributed by atoms with Crippen LogP contribution in [-0.4, -0.2) is 40.8 Å². The van der Waals surface area contributed by atoms with Crippen molar-refractivity contribution in [2.45, 2.75) is 26.3 Å². The van der Waals surface area contributed by atoms with Gasteiger partial charge < -0.3 is 9.80 Å². The van der Waals surface area contributed by atoms with Crippen molar-refractivity contribution in [2.75, 3.05) is 18.0 Å². The van der Waals surface area contributed by atoms with Crippen molar-refractivity contribution >= 4 is 23.2 Å². The van der Waals surface area contributed by atoms with Gasteiger partial charge in [0.15, 0.2) is 0 Å². The van der Waals surface area contributed by atoms with Crippen LogP contribution in [-0.2, 0) is 11.2 Å². The zero-order valence-electron chi connectivity index (χ0n) is 15.3. The molecule has 2 amide bonds. The summed E-state index contributed by atoms with van der Waals surface area (Å²) in [5.74, 6) is -0.424. The molecule has 7 nitrogen and oxygen atoms in total. The van der Waals surface area contributed by atoms with Crippen molar-refractivity contribution in [2.24, 2.45) is 0 Å². The third kappa shape index (κ3) is 3.53. The van der Waals surface area contributed by atoms with Crippen LogP contribution in [0.3, 0.4) is 0 Å². The molecule has 0 bridgehead atoms. The Morgan fingerprint density at radius 2 is 1.81 bits per heavy atom. The van der Waals surface area contributed by atoms with Crippen LogP contribution >= 0.6 is 0 Å². The topological polar surface area (TPSA) is 83.8 Å². The van der Waals surface area contributed by atoms with Crippen molar-refractivity contribution in [3.63, 3.8) is 0 Å². The first kappa shape index (κ1) is 18.6. The van der Waals surface area contributed by atoms with E-state index in [9.17, 15) is 19.7 Å². The molecule has 0 aromatic heterocycles. The van der Waals surface area contributed by atoms with Gasteiger partial charge in [0.05, 0.1) is 4.92 Å². The van der Waals surface area contributed by atoms with Crippen LogP contribution in [0.2, 0.25) is 0 Å². The highest BCUT2D eigenvalue weighted by Crippen LogP contribution is 2.26. The molecule has 7 heteroatoms. The van der Waals surface area contributed by atoms with Crippen LogP contribution in [0.1, 0.15) is 29.8 Å². The molecule has 3 rings (SSSR count). The van der Waals surface area contributed by atoms with Gasteiger partial charge in [0.2, 0.25) is 5.91 Å². The molecule has 2 aromatic carbocycles. The number of piperazine rings is 1. The Labute approximate surface area is 157 Å². The molecule has 1 aliphatic heterocycles. The smallest absolute Gasteiger partial charge is 0.269 e. The summed E-state index contributed by atoms with van der Waals surface area (Å²) in [6.07, 6.45) is 0.819. The van der Waals surface area contributed by atoms with Gasteiger partial charge in [0, 0.05) is 36.5 Å². The van der Waals surface area contributed by atoms with E-state index in [2.05, 4.69) is 0 Å². The number of non-ortho nitro benzene ring substituents is 1. The number of rotatable bonds is 4. The quantitative estimate of drug-likeness (QED) is 0.614. The molecule has 0 spiro atoms. The van der Waals surface area contributed by atoms with Crippen molar-refractivity contribution in [3.05, 3.63) is 69.8 Å². The zero-order valence-corrected chi connectivity index (χ0v) is 15.3. The second-order valence-corrected chi connectivity index (χ2v) is 6.45. The fraction of sp³-hybridized carbons (Fsp3) is 0.300. The van der Waals surface area contributed by atoms with Gasteiger partial charge >= 0.3 is 0 Å². The average molecular weight is 367 g/mol. The number of anilines is 1. The van der Waals surface area contributed by atoms with E-state index in [1.54, 1.807) is 11.8 Å². The minimum Gasteiger partial charge on any atom is -0.325 e. The van der Waals surface area contributed by atoms with Crippen LogP contribution < -0.4 is 4.90 Å². The number of nitro groups is 1. The summed E-state index contributed by atoms with van der Waals surface area (Å²) in [7, 11) is 0. The Bertz CT molecular complexity index is 879. The van der Waals surface area contributed by atoms with Crippen LogP contribution in [0.25, 0.3) is 0 Å². The maximum Gasteiger partial charge on any atom is 0.269 e. The van der Waals surface area contributed by atoms with Gasteiger partial charge in [0.1, 0.15) is 6.04 Å². The third-order valence-electron chi connectivity index (χ3n) is 4.90. The largest absolute Gasteiger partial charge is 0.325 e. The first-order valence-corrected chi connectivity index (χ1v) is 8.88. The number of nitrogens with zero attached hydrogens (tertiary/aromatic N) is 3. The first-order chi connectivity index (χ1) is 12.9. The van der Waals surface area contributed by atoms with Gasteiger partial charge in [-0.05, 0) is 37.1 Å². The SMILES string of the molecule is CCc1ccccc1N1CCN(C(=O)c2ccc([N+](=O)[O-])cc2)[C@H](C)C1=O. The lowest BCUT2D eigenvalue weighted by molar-refractivity contribution is -0.384. The molecule has 1 aliphatic rings. The van der Waals surface area contributed by atoms with Crippen LogP contribution in [0.15, 0.2) is 48.5 Å². The van der Waals surface area contributed by atoms with Gasteiger partial charge in [-0.3, -0.25) is 19.7 Å². The number of para-hydroxylation sites is 1. The Morgan fingerprint density at radius 1 is 1.15 bits per heavy atom. The van der Waals surface area contributed by atoms with Crippen molar-refractivity contribution < 1.29 is 14.5 Å². The summed E-state index contributed by atoms with van der Waals surface area (Å²) in [6.45, 7) is 4.58. The van der Waals surface area contributed by atoms with Gasteiger partial charge in [-0.1, -0.05) is 25.1 Å². The predicted octanol–water partition coefficient (Wildman–Crippen LogP) is 3.03. The summed E-state index contributed by atoms with van der Waals surface area (Å²) in [5.41, 5.74) is 2.24. The molecular weight excluding hydrogens is 346 g/mol. The number of aryl methyl sites for hydroxylation is 1. The monoisotopic (exact) mass is 367 g/mol. The Kier molecular flexibility index (Phi) is 5.21. The molecule has 0 unspecified atom stereocenters. The Hall–Kier alpha value is -3.22. The molecule has 1 saturated heterocycles. The molecule has 2 aromatic rings. The summed E-state index contributed by atoms with van der Waals surface area (Å²) in [4.78, 5) is 39.2. The summed E-state index contributed by atoms with van der Waals surface area (Å²) in [5, 5.41) is 10.8. The van der Waals surface area contributed by atoms with E-state index < -0.39 is 11.0 Å². The maximum atomic E-state index is 12.9. The van der Waals surface area contributed by atoms with Crippen LogP contribution in [0.4, 0.5) is 11.4 Å². The van der Waals surface area contributed by atoms with Gasteiger partial charge in [-0.25, -0.2) is 0 Å². The number of carbonyl (C=O) groups is 2. The van der Waals surface area contributed by atoms with Gasteiger partial charge in [-0.2, -0.15) is 0 Å². The lowest BCUT2D eigenvalue weighted by Gasteiger charge is -2.39. The fourth-order valence-corrected chi connectivity index (χ4v) is 3.35. The minimum absolute atomic E-state index is 0.0725. The Balaban J connectivity index is 1.80. The summed E-state index contributed by atoms with van der Waals surface area (Å²) in [6, 6.07) is 12.6. The molecule has 0 radical (unpaired) electrons. The molecule has 0 aliphatic carbocycles. The highest BCUT2D eigenvalue weighted by molar-refractivity contribution is 6.03. The van der Waals surface area contributed by atoms with Crippen molar-refractivity contribution in [1.29, 1.82) is 0 Å². The van der Waals surface area contributed by atoms with Gasteiger partial charge in [0.25, 0.3) is 11.6 Å². The van der Waals surface area contributed by atoms with E-state index in [0.29, 0.717) is 18.7 Å². The number of hydrogen-bond donors (Lipinski definition) is 0. The molecule has 0 N–H and O–H groups in total. The lowest BCUT2D eigenvalue weighted by atomic mass is 10.1. The molecule has 140 valence electrons. The van der Waals surface area contributed by atoms with E-state index in [-0.39, 0.29) is 17.5 Å². The predicted molar refractivity (Wildman–Crippen MR) is 102 cm³/mol. The normalized spacial score (nSPS) is 17.1. The van der Waals surface area contributed by atoms with Crippen molar-refractivity contribution in [1.82, 2.24) is 4.90 Å². The highest BCUT2D eigenvalue weighted by Gasteiger charge is 2.35. The van der Waals surface area contributed by atoms with Gasteiger partial charge in [-0.15, -0.1) is 0 Å². The average Bonchev–Trinajstić information content (AvgIpc) is 2.69. The second kappa shape index (κ2) is 7.57. The summed E-state index contributed by atoms with van der Waals surface area (Å²) < 4.78 is 0. The minimum atomic E-state index is -0.605.